The molecular weight excluding hydrogens is 472 g/mol. The van der Waals surface area contributed by atoms with Gasteiger partial charge >= 0.3 is 6.03 Å². The molecule has 2 aliphatic rings. The SMILES string of the molecule is O=C(Nc1ccc2c(c1)CCC2)Nc1ccc2cc1CCc1cccc(c1)Nc1ncc(Cl)c(n1)N2. The van der Waals surface area contributed by atoms with Gasteiger partial charge in [-0.05, 0) is 96.8 Å². The number of benzene rings is 3. The van der Waals surface area contributed by atoms with E-state index in [1.807, 2.05) is 36.4 Å². The van der Waals surface area contributed by atoms with E-state index in [0.29, 0.717) is 16.8 Å². The predicted octanol–water partition coefficient (Wildman–Crippen LogP) is 6.85. The maximum atomic E-state index is 12.9. The molecule has 1 aliphatic heterocycles. The first-order valence-corrected chi connectivity index (χ1v) is 12.5. The van der Waals surface area contributed by atoms with Crippen molar-refractivity contribution in [2.75, 3.05) is 21.3 Å². The molecule has 0 fully saturated rings. The van der Waals surface area contributed by atoms with E-state index in [1.165, 1.54) is 23.1 Å². The third-order valence-electron chi connectivity index (χ3n) is 6.58. The van der Waals surface area contributed by atoms with Crippen LogP contribution in [-0.4, -0.2) is 16.0 Å². The highest BCUT2D eigenvalue weighted by Gasteiger charge is 2.14. The van der Waals surface area contributed by atoms with Gasteiger partial charge in [-0.25, -0.2) is 9.78 Å². The molecule has 7 nitrogen and oxygen atoms in total. The quantitative estimate of drug-likeness (QED) is 0.243. The molecule has 0 unspecified atom stereocenters. The van der Waals surface area contributed by atoms with E-state index in [0.717, 1.165) is 54.0 Å². The van der Waals surface area contributed by atoms with Crippen molar-refractivity contribution >= 4 is 52.1 Å². The minimum absolute atomic E-state index is 0.262. The van der Waals surface area contributed by atoms with Crippen molar-refractivity contribution in [3.8, 4) is 0 Å². The normalized spacial score (nSPS) is 13.7. The number of urea groups is 1. The number of aryl methyl sites for hydroxylation is 4. The summed E-state index contributed by atoms with van der Waals surface area (Å²) in [6.45, 7) is 0. The second-order valence-electron chi connectivity index (χ2n) is 9.13. The number of hydrogen-bond acceptors (Lipinski definition) is 5. The fourth-order valence-electron chi connectivity index (χ4n) is 4.80. The van der Waals surface area contributed by atoms with Crippen molar-refractivity contribution in [1.29, 1.82) is 0 Å². The summed E-state index contributed by atoms with van der Waals surface area (Å²) < 4.78 is 0. The van der Waals surface area contributed by atoms with Gasteiger partial charge in [0.15, 0.2) is 5.82 Å². The average molecular weight is 497 g/mol. The van der Waals surface area contributed by atoms with Crippen LogP contribution in [0.1, 0.15) is 28.7 Å². The minimum atomic E-state index is -0.262. The Morgan fingerprint density at radius 3 is 2.67 bits per heavy atom. The Morgan fingerprint density at radius 1 is 0.833 bits per heavy atom. The number of rotatable bonds is 2. The van der Waals surface area contributed by atoms with E-state index in [-0.39, 0.29) is 6.03 Å². The molecule has 0 spiro atoms. The number of nitrogens with zero attached hydrogens (tertiary/aromatic N) is 2. The fraction of sp³-hybridized carbons (Fsp3) is 0.179. The molecule has 2 heterocycles. The lowest BCUT2D eigenvalue weighted by atomic mass is 10.0. The molecule has 0 saturated carbocycles. The molecule has 6 rings (SSSR count). The lowest BCUT2D eigenvalue weighted by molar-refractivity contribution is 0.262. The van der Waals surface area contributed by atoms with Gasteiger partial charge in [0.25, 0.3) is 0 Å². The Balaban J connectivity index is 1.28. The van der Waals surface area contributed by atoms with Crippen LogP contribution in [0.4, 0.5) is 39.3 Å². The zero-order valence-corrected chi connectivity index (χ0v) is 20.3. The summed E-state index contributed by atoms with van der Waals surface area (Å²) >= 11 is 6.36. The summed E-state index contributed by atoms with van der Waals surface area (Å²) in [7, 11) is 0. The van der Waals surface area contributed by atoms with Gasteiger partial charge in [0.05, 0.1) is 6.20 Å². The van der Waals surface area contributed by atoms with Crippen LogP contribution in [0.5, 0.6) is 0 Å². The Bertz CT molecular complexity index is 1470. The standard InChI is InChI=1S/C28H25ClN6O/c29-24-16-30-27-32-21-6-1-3-17(13-21)7-8-20-15-22(31-26(24)35-27)11-12-25(20)34-28(36)33-23-10-9-18-4-2-5-19(18)14-23/h1,3,6,9-16H,2,4-5,7-8H2,(H2,33,34,36)(H2,30,31,32,35). The number of carbonyl (C=O) groups excluding carboxylic acids is 1. The van der Waals surface area contributed by atoms with Crippen molar-refractivity contribution in [2.45, 2.75) is 32.1 Å². The fourth-order valence-corrected chi connectivity index (χ4v) is 4.94. The van der Waals surface area contributed by atoms with Crippen molar-refractivity contribution < 1.29 is 4.79 Å². The lowest BCUT2D eigenvalue weighted by Gasteiger charge is -2.15. The van der Waals surface area contributed by atoms with Crippen LogP contribution >= 0.6 is 11.6 Å². The van der Waals surface area contributed by atoms with Gasteiger partial charge in [-0.15, -0.1) is 0 Å². The molecule has 8 heteroatoms. The van der Waals surface area contributed by atoms with Crippen LogP contribution in [0.25, 0.3) is 0 Å². The number of halogens is 1. The van der Waals surface area contributed by atoms with Crippen LogP contribution in [0, 0.1) is 0 Å². The monoisotopic (exact) mass is 496 g/mol. The summed E-state index contributed by atoms with van der Waals surface area (Å²) in [4.78, 5) is 21.7. The first-order chi connectivity index (χ1) is 17.6. The molecule has 3 aromatic carbocycles. The number of anilines is 6. The smallest absolute Gasteiger partial charge is 0.323 e. The molecule has 2 amide bonds. The van der Waals surface area contributed by atoms with Gasteiger partial charge in [0.1, 0.15) is 5.02 Å². The third kappa shape index (κ3) is 4.83. The highest BCUT2D eigenvalue weighted by Crippen LogP contribution is 2.30. The van der Waals surface area contributed by atoms with E-state index < -0.39 is 0 Å². The van der Waals surface area contributed by atoms with Crippen molar-refractivity contribution in [3.63, 3.8) is 0 Å². The summed E-state index contributed by atoms with van der Waals surface area (Å²) in [5, 5.41) is 13.0. The van der Waals surface area contributed by atoms with Crippen molar-refractivity contribution in [3.05, 3.63) is 94.1 Å². The zero-order chi connectivity index (χ0) is 24.5. The van der Waals surface area contributed by atoms with Gasteiger partial charge in [-0.2, -0.15) is 4.98 Å². The molecule has 0 saturated heterocycles. The molecule has 1 aliphatic carbocycles. The van der Waals surface area contributed by atoms with Gasteiger partial charge in [0.2, 0.25) is 5.95 Å². The van der Waals surface area contributed by atoms with E-state index in [1.54, 1.807) is 6.20 Å². The molecule has 0 atom stereocenters. The van der Waals surface area contributed by atoms with Gasteiger partial charge < -0.3 is 21.3 Å². The molecule has 0 radical (unpaired) electrons. The van der Waals surface area contributed by atoms with E-state index in [2.05, 4.69) is 55.5 Å². The third-order valence-corrected chi connectivity index (χ3v) is 6.86. The van der Waals surface area contributed by atoms with Crippen LogP contribution in [0.15, 0.2) is 66.9 Å². The number of fused-ring (bicyclic) bond motifs is 7. The van der Waals surface area contributed by atoms with Gasteiger partial charge in [-0.3, -0.25) is 0 Å². The second-order valence-corrected chi connectivity index (χ2v) is 9.54. The Morgan fingerprint density at radius 2 is 1.72 bits per heavy atom. The summed E-state index contributed by atoms with van der Waals surface area (Å²) in [6.07, 6.45) is 6.48. The number of hydrogen-bond donors (Lipinski definition) is 4. The predicted molar refractivity (Wildman–Crippen MR) is 145 cm³/mol. The number of nitrogens with one attached hydrogen (secondary N) is 4. The first-order valence-electron chi connectivity index (χ1n) is 12.1. The minimum Gasteiger partial charge on any atom is -0.339 e. The van der Waals surface area contributed by atoms with E-state index in [4.69, 9.17) is 11.6 Å². The molecule has 36 heavy (non-hydrogen) atoms. The molecule has 180 valence electrons. The van der Waals surface area contributed by atoms with Crippen molar-refractivity contribution in [2.24, 2.45) is 0 Å². The average Bonchev–Trinajstić information content (AvgIpc) is 3.34. The van der Waals surface area contributed by atoms with Crippen molar-refractivity contribution in [1.82, 2.24) is 9.97 Å². The maximum absolute atomic E-state index is 12.9. The molecule has 4 aromatic rings. The lowest BCUT2D eigenvalue weighted by Crippen LogP contribution is -2.20. The zero-order valence-electron chi connectivity index (χ0n) is 19.6. The molecule has 6 bridgehead atoms. The number of carbonyl (C=O) groups is 1. The second kappa shape index (κ2) is 9.51. The number of aromatic nitrogens is 2. The Labute approximate surface area is 214 Å². The van der Waals surface area contributed by atoms with Gasteiger partial charge in [-0.1, -0.05) is 29.8 Å². The molecule has 4 N–H and O–H groups in total. The first kappa shape index (κ1) is 22.4. The largest absolute Gasteiger partial charge is 0.339 e. The highest BCUT2D eigenvalue weighted by molar-refractivity contribution is 6.32. The number of amides is 2. The van der Waals surface area contributed by atoms with Gasteiger partial charge in [0, 0.05) is 22.7 Å². The summed E-state index contributed by atoms with van der Waals surface area (Å²) in [5.74, 6) is 0.964. The molecular formula is C28H25ClN6O. The van der Waals surface area contributed by atoms with Crippen LogP contribution in [-0.2, 0) is 25.7 Å². The van der Waals surface area contributed by atoms with Crippen LogP contribution in [0.2, 0.25) is 5.02 Å². The molecule has 1 aromatic heterocycles. The summed E-state index contributed by atoms with van der Waals surface area (Å²) in [6, 6.07) is 19.9. The van der Waals surface area contributed by atoms with Crippen LogP contribution in [0.3, 0.4) is 0 Å². The maximum Gasteiger partial charge on any atom is 0.323 e. The highest BCUT2D eigenvalue weighted by atomic mass is 35.5. The van der Waals surface area contributed by atoms with E-state index in [9.17, 15) is 4.79 Å². The Hall–Kier alpha value is -4.10. The van der Waals surface area contributed by atoms with E-state index >= 15 is 0 Å². The van der Waals surface area contributed by atoms with Crippen LogP contribution < -0.4 is 21.3 Å². The topological polar surface area (TPSA) is 91.0 Å². The summed E-state index contributed by atoms with van der Waals surface area (Å²) in [5.41, 5.74) is 8.18. The Kier molecular flexibility index (Phi) is 5.91.